The lowest BCUT2D eigenvalue weighted by Crippen LogP contribution is -2.18. The second-order valence-corrected chi connectivity index (χ2v) is 6.40. The molecule has 2 aromatic rings. The first-order chi connectivity index (χ1) is 13.5. The Bertz CT molecular complexity index is 1020. The van der Waals surface area contributed by atoms with Crippen LogP contribution in [0.2, 0.25) is 0 Å². The predicted octanol–water partition coefficient (Wildman–Crippen LogP) is 3.56. The fourth-order valence-corrected chi connectivity index (χ4v) is 3.03. The van der Waals surface area contributed by atoms with Crippen LogP contribution in [-0.4, -0.2) is 31.6 Å². The van der Waals surface area contributed by atoms with E-state index in [-0.39, 0.29) is 24.3 Å². The Morgan fingerprint density at radius 3 is 2.82 bits per heavy atom. The maximum Gasteiger partial charge on any atom is 0.343 e. The quantitative estimate of drug-likeness (QED) is 0.598. The van der Waals surface area contributed by atoms with E-state index in [1.54, 1.807) is 24.3 Å². The molecule has 0 bridgehead atoms. The van der Waals surface area contributed by atoms with Crippen molar-refractivity contribution in [1.29, 1.82) is 0 Å². The number of methoxy groups -OCH3 is 1. The van der Waals surface area contributed by atoms with Crippen LogP contribution < -0.4 is 14.2 Å². The fraction of sp³-hybridized carbons (Fsp3) is 0.182. The average Bonchev–Trinajstić information content (AvgIpc) is 3.01. The standard InChI is InChI=1S/C22H18O6/c1-13-15(9-14-5-3-4-6-18(14)27-13)10-20-22(24)17-8-7-16(11-19(17)28-20)26-12-21(23)25-2/h3-11,13H,12H2,1-2H3. The van der Waals surface area contributed by atoms with Gasteiger partial charge in [-0.15, -0.1) is 0 Å². The molecule has 4 rings (SSSR count). The van der Waals surface area contributed by atoms with E-state index in [0.29, 0.717) is 17.1 Å². The normalized spacial score (nSPS) is 18.5. The summed E-state index contributed by atoms with van der Waals surface area (Å²) in [5.41, 5.74) is 2.24. The van der Waals surface area contributed by atoms with Gasteiger partial charge in [0.25, 0.3) is 0 Å². The average molecular weight is 378 g/mol. The molecular formula is C22H18O6. The molecule has 1 unspecified atom stereocenters. The summed E-state index contributed by atoms with van der Waals surface area (Å²) in [5.74, 6) is 1.15. The Hall–Kier alpha value is -3.54. The van der Waals surface area contributed by atoms with E-state index < -0.39 is 5.97 Å². The van der Waals surface area contributed by atoms with Gasteiger partial charge in [-0.05, 0) is 42.8 Å². The summed E-state index contributed by atoms with van der Waals surface area (Å²) in [6.07, 6.45) is 3.49. The van der Waals surface area contributed by atoms with Gasteiger partial charge in [0.2, 0.25) is 5.78 Å². The number of hydrogen-bond acceptors (Lipinski definition) is 6. The Labute approximate surface area is 162 Å². The number of benzene rings is 2. The van der Waals surface area contributed by atoms with Gasteiger partial charge < -0.3 is 18.9 Å². The van der Waals surface area contributed by atoms with Gasteiger partial charge in [-0.2, -0.15) is 0 Å². The fourth-order valence-electron chi connectivity index (χ4n) is 3.03. The van der Waals surface area contributed by atoms with Gasteiger partial charge in [-0.25, -0.2) is 4.79 Å². The van der Waals surface area contributed by atoms with Crippen LogP contribution in [0.25, 0.3) is 6.08 Å². The number of ketones is 1. The van der Waals surface area contributed by atoms with E-state index >= 15 is 0 Å². The molecule has 2 aromatic carbocycles. The van der Waals surface area contributed by atoms with Gasteiger partial charge in [-0.1, -0.05) is 18.2 Å². The molecule has 0 radical (unpaired) electrons. The molecule has 2 aliphatic rings. The maximum atomic E-state index is 12.7. The zero-order valence-electron chi connectivity index (χ0n) is 15.4. The zero-order valence-corrected chi connectivity index (χ0v) is 15.4. The summed E-state index contributed by atoms with van der Waals surface area (Å²) in [6, 6.07) is 12.5. The number of carbonyl (C=O) groups is 2. The SMILES string of the molecule is COC(=O)COc1ccc2c(c1)OC(=CC1=Cc3ccccc3OC1C)C2=O. The molecule has 2 aliphatic heterocycles. The van der Waals surface area contributed by atoms with E-state index in [9.17, 15) is 9.59 Å². The first kappa shape index (κ1) is 17.9. The van der Waals surface area contributed by atoms with Crippen molar-refractivity contribution in [2.75, 3.05) is 13.7 Å². The summed E-state index contributed by atoms with van der Waals surface area (Å²) in [5, 5.41) is 0. The Morgan fingerprint density at radius 1 is 1.18 bits per heavy atom. The lowest BCUT2D eigenvalue weighted by Gasteiger charge is -2.22. The minimum atomic E-state index is -0.489. The zero-order chi connectivity index (χ0) is 19.7. The third-order valence-corrected chi connectivity index (χ3v) is 4.54. The Balaban J connectivity index is 1.57. The second-order valence-electron chi connectivity index (χ2n) is 6.40. The van der Waals surface area contributed by atoms with Crippen LogP contribution >= 0.6 is 0 Å². The number of hydrogen-bond donors (Lipinski definition) is 0. The summed E-state index contributed by atoms with van der Waals surface area (Å²) >= 11 is 0. The predicted molar refractivity (Wildman–Crippen MR) is 102 cm³/mol. The van der Waals surface area contributed by atoms with E-state index in [4.69, 9.17) is 14.2 Å². The molecule has 0 saturated heterocycles. The molecule has 0 spiro atoms. The summed E-state index contributed by atoms with van der Waals surface area (Å²) in [4.78, 5) is 23.9. The van der Waals surface area contributed by atoms with Crippen molar-refractivity contribution in [3.63, 3.8) is 0 Å². The number of para-hydroxylation sites is 1. The first-order valence-electron chi connectivity index (χ1n) is 8.80. The smallest absolute Gasteiger partial charge is 0.343 e. The molecule has 0 N–H and O–H groups in total. The number of carbonyl (C=O) groups excluding carboxylic acids is 2. The van der Waals surface area contributed by atoms with E-state index in [0.717, 1.165) is 16.9 Å². The van der Waals surface area contributed by atoms with Gasteiger partial charge in [0, 0.05) is 11.6 Å². The van der Waals surface area contributed by atoms with Crippen molar-refractivity contribution < 1.29 is 28.5 Å². The van der Waals surface area contributed by atoms with Gasteiger partial charge >= 0.3 is 5.97 Å². The van der Waals surface area contributed by atoms with Crippen molar-refractivity contribution in [3.05, 3.63) is 71.0 Å². The molecule has 0 fully saturated rings. The summed E-state index contributed by atoms with van der Waals surface area (Å²) in [7, 11) is 1.29. The highest BCUT2D eigenvalue weighted by atomic mass is 16.6. The molecule has 0 aromatic heterocycles. The van der Waals surface area contributed by atoms with Crippen molar-refractivity contribution in [2.24, 2.45) is 0 Å². The Morgan fingerprint density at radius 2 is 2.00 bits per heavy atom. The molecule has 6 nitrogen and oxygen atoms in total. The topological polar surface area (TPSA) is 71.1 Å². The van der Waals surface area contributed by atoms with Gasteiger partial charge in [0.15, 0.2) is 12.4 Å². The second kappa shape index (κ2) is 7.23. The monoisotopic (exact) mass is 378 g/mol. The largest absolute Gasteiger partial charge is 0.485 e. The van der Waals surface area contributed by atoms with E-state index in [1.807, 2.05) is 37.3 Å². The highest BCUT2D eigenvalue weighted by Crippen LogP contribution is 2.36. The maximum absolute atomic E-state index is 12.7. The van der Waals surface area contributed by atoms with Crippen LogP contribution in [0.3, 0.4) is 0 Å². The lowest BCUT2D eigenvalue weighted by molar-refractivity contribution is -0.142. The number of ether oxygens (including phenoxy) is 4. The number of esters is 1. The first-order valence-corrected chi connectivity index (χ1v) is 8.80. The van der Waals surface area contributed by atoms with Crippen molar-refractivity contribution in [2.45, 2.75) is 13.0 Å². The molecule has 142 valence electrons. The van der Waals surface area contributed by atoms with Crippen molar-refractivity contribution in [1.82, 2.24) is 0 Å². The van der Waals surface area contributed by atoms with Crippen LogP contribution in [0.4, 0.5) is 0 Å². The van der Waals surface area contributed by atoms with Crippen molar-refractivity contribution in [3.8, 4) is 17.2 Å². The molecule has 0 aliphatic carbocycles. The molecule has 1 atom stereocenters. The molecule has 6 heteroatoms. The minimum absolute atomic E-state index is 0.207. The van der Waals surface area contributed by atoms with Gasteiger partial charge in [0.05, 0.1) is 12.7 Å². The molecule has 2 heterocycles. The highest BCUT2D eigenvalue weighted by molar-refractivity contribution is 6.12. The van der Waals surface area contributed by atoms with Crippen LogP contribution in [0.5, 0.6) is 17.2 Å². The molecule has 28 heavy (non-hydrogen) atoms. The van der Waals surface area contributed by atoms with Crippen LogP contribution in [0.15, 0.2) is 59.9 Å². The van der Waals surface area contributed by atoms with Crippen LogP contribution in [0, 0.1) is 0 Å². The number of allylic oxidation sites excluding steroid dienone is 1. The van der Waals surface area contributed by atoms with Gasteiger partial charge in [0.1, 0.15) is 23.4 Å². The Kier molecular flexibility index (Phi) is 4.61. The molecular weight excluding hydrogens is 360 g/mol. The summed E-state index contributed by atoms with van der Waals surface area (Å²) < 4.78 is 21.5. The molecule has 0 amide bonds. The molecule has 0 saturated carbocycles. The van der Waals surface area contributed by atoms with Gasteiger partial charge in [-0.3, -0.25) is 4.79 Å². The number of fused-ring (bicyclic) bond motifs is 2. The van der Waals surface area contributed by atoms with E-state index in [2.05, 4.69) is 4.74 Å². The lowest BCUT2D eigenvalue weighted by atomic mass is 10.0. The third-order valence-electron chi connectivity index (χ3n) is 4.54. The minimum Gasteiger partial charge on any atom is -0.485 e. The summed E-state index contributed by atoms with van der Waals surface area (Å²) in [6.45, 7) is 1.71. The number of rotatable bonds is 4. The van der Waals surface area contributed by atoms with Crippen LogP contribution in [-0.2, 0) is 9.53 Å². The number of Topliss-reactive ketones (excluding diaryl/α,β-unsaturated/α-hetero) is 1. The van der Waals surface area contributed by atoms with E-state index in [1.165, 1.54) is 7.11 Å². The van der Waals surface area contributed by atoms with Crippen molar-refractivity contribution >= 4 is 17.8 Å². The third kappa shape index (κ3) is 3.36. The highest BCUT2D eigenvalue weighted by Gasteiger charge is 2.29. The van der Waals surface area contributed by atoms with Crippen LogP contribution in [0.1, 0.15) is 22.8 Å².